The first-order chi connectivity index (χ1) is 7.95. The molecule has 1 aromatic heterocycles. The molecule has 1 aromatic rings. The molecule has 0 saturated carbocycles. The number of hydrogen-bond acceptors (Lipinski definition) is 3. The van der Waals surface area contributed by atoms with Crippen LogP contribution in [0.3, 0.4) is 0 Å². The van der Waals surface area contributed by atoms with Gasteiger partial charge in [0.25, 0.3) is 5.91 Å². The molecule has 5 heteroatoms. The van der Waals surface area contributed by atoms with Crippen molar-refractivity contribution in [2.24, 2.45) is 0 Å². The highest BCUT2D eigenvalue weighted by atomic mass is 16.3. The molecule has 0 fully saturated rings. The van der Waals surface area contributed by atoms with Crippen LogP contribution in [0.1, 0.15) is 37.7 Å². The molecule has 4 N–H and O–H groups in total. The zero-order chi connectivity index (χ0) is 13.1. The summed E-state index contributed by atoms with van der Waals surface area (Å²) in [4.78, 5) is 12.1. The van der Waals surface area contributed by atoms with Gasteiger partial charge >= 0.3 is 0 Å². The SMILES string of the molecule is CCn1cc(N)cc1C(=O)NC(C)(CC)CO. The summed E-state index contributed by atoms with van der Waals surface area (Å²) in [6.45, 7) is 6.28. The fourth-order valence-electron chi connectivity index (χ4n) is 1.56. The van der Waals surface area contributed by atoms with Crippen LogP contribution in [0.25, 0.3) is 0 Å². The van der Waals surface area contributed by atoms with Crippen LogP contribution < -0.4 is 11.1 Å². The molecule has 0 aromatic carbocycles. The van der Waals surface area contributed by atoms with Crippen LogP contribution in [0, 0.1) is 0 Å². The third-order valence-corrected chi connectivity index (χ3v) is 3.04. The number of aliphatic hydroxyl groups is 1. The maximum atomic E-state index is 12.1. The van der Waals surface area contributed by atoms with E-state index in [1.54, 1.807) is 16.8 Å². The second kappa shape index (κ2) is 5.23. The summed E-state index contributed by atoms with van der Waals surface area (Å²) in [6, 6.07) is 1.65. The Labute approximate surface area is 102 Å². The molecule has 96 valence electrons. The summed E-state index contributed by atoms with van der Waals surface area (Å²) in [5.74, 6) is -0.207. The van der Waals surface area contributed by atoms with E-state index in [2.05, 4.69) is 5.32 Å². The number of aliphatic hydroxyl groups excluding tert-OH is 1. The predicted octanol–water partition coefficient (Wildman–Crippen LogP) is 0.981. The van der Waals surface area contributed by atoms with E-state index in [1.807, 2.05) is 20.8 Å². The number of carbonyl (C=O) groups is 1. The van der Waals surface area contributed by atoms with Crippen molar-refractivity contribution in [2.45, 2.75) is 39.3 Å². The second-order valence-electron chi connectivity index (χ2n) is 4.47. The van der Waals surface area contributed by atoms with E-state index in [-0.39, 0.29) is 12.5 Å². The van der Waals surface area contributed by atoms with Gasteiger partial charge in [0.05, 0.1) is 17.8 Å². The number of nitrogens with one attached hydrogen (secondary N) is 1. The van der Waals surface area contributed by atoms with Crippen LogP contribution in [0.15, 0.2) is 12.3 Å². The lowest BCUT2D eigenvalue weighted by molar-refractivity contribution is 0.0838. The Hall–Kier alpha value is -1.49. The van der Waals surface area contributed by atoms with E-state index in [1.165, 1.54) is 0 Å². The van der Waals surface area contributed by atoms with Gasteiger partial charge in [0.2, 0.25) is 0 Å². The van der Waals surface area contributed by atoms with Gasteiger partial charge in [-0.3, -0.25) is 4.79 Å². The highest BCUT2D eigenvalue weighted by molar-refractivity contribution is 5.94. The number of nitrogen functional groups attached to an aromatic ring is 1. The number of nitrogens with two attached hydrogens (primary N) is 1. The topological polar surface area (TPSA) is 80.3 Å². The van der Waals surface area contributed by atoms with Crippen molar-refractivity contribution in [1.29, 1.82) is 0 Å². The molecule has 5 nitrogen and oxygen atoms in total. The van der Waals surface area contributed by atoms with Crippen molar-refractivity contribution in [3.05, 3.63) is 18.0 Å². The van der Waals surface area contributed by atoms with Gasteiger partial charge in [-0.2, -0.15) is 0 Å². The number of nitrogens with zero attached hydrogens (tertiary/aromatic N) is 1. The molecule has 0 aliphatic rings. The Morgan fingerprint density at radius 1 is 1.59 bits per heavy atom. The number of hydrogen-bond donors (Lipinski definition) is 3. The molecule has 0 aliphatic heterocycles. The number of amides is 1. The van der Waals surface area contributed by atoms with Crippen LogP contribution >= 0.6 is 0 Å². The predicted molar refractivity (Wildman–Crippen MR) is 67.8 cm³/mol. The fraction of sp³-hybridized carbons (Fsp3) is 0.583. The molecule has 0 saturated heterocycles. The molecule has 1 unspecified atom stereocenters. The van der Waals surface area contributed by atoms with Crippen LogP contribution in [-0.2, 0) is 6.54 Å². The molecule has 1 atom stereocenters. The van der Waals surface area contributed by atoms with E-state index < -0.39 is 5.54 Å². The summed E-state index contributed by atoms with van der Waals surface area (Å²) in [5.41, 5.74) is 6.18. The van der Waals surface area contributed by atoms with Crippen molar-refractivity contribution in [2.75, 3.05) is 12.3 Å². The summed E-state index contributed by atoms with van der Waals surface area (Å²) in [5, 5.41) is 12.1. The maximum Gasteiger partial charge on any atom is 0.268 e. The number of aryl methyl sites for hydroxylation is 1. The van der Waals surface area contributed by atoms with Gasteiger partial charge in [0, 0.05) is 12.7 Å². The Kier molecular flexibility index (Phi) is 4.17. The lowest BCUT2D eigenvalue weighted by Crippen LogP contribution is -2.48. The normalized spacial score (nSPS) is 14.4. The van der Waals surface area contributed by atoms with Crippen molar-refractivity contribution < 1.29 is 9.90 Å². The molecule has 17 heavy (non-hydrogen) atoms. The molecule has 1 heterocycles. The molecule has 0 bridgehead atoms. The van der Waals surface area contributed by atoms with Gasteiger partial charge in [-0.05, 0) is 26.3 Å². The summed E-state index contributed by atoms with van der Waals surface area (Å²) >= 11 is 0. The number of anilines is 1. The summed E-state index contributed by atoms with van der Waals surface area (Å²) in [7, 11) is 0. The highest BCUT2D eigenvalue weighted by Gasteiger charge is 2.25. The first-order valence-electron chi connectivity index (χ1n) is 5.84. The molecule has 0 aliphatic carbocycles. The van der Waals surface area contributed by atoms with E-state index in [0.717, 1.165) is 0 Å². The van der Waals surface area contributed by atoms with Crippen LogP contribution in [0.4, 0.5) is 5.69 Å². The van der Waals surface area contributed by atoms with Gasteiger partial charge in [-0.1, -0.05) is 6.92 Å². The maximum absolute atomic E-state index is 12.1. The third kappa shape index (κ3) is 3.00. The number of rotatable bonds is 5. The molecule has 1 rings (SSSR count). The minimum absolute atomic E-state index is 0.0858. The van der Waals surface area contributed by atoms with Gasteiger partial charge < -0.3 is 20.7 Å². The quantitative estimate of drug-likeness (QED) is 0.716. The van der Waals surface area contributed by atoms with Gasteiger partial charge in [-0.25, -0.2) is 0 Å². The van der Waals surface area contributed by atoms with Crippen LogP contribution in [-0.4, -0.2) is 27.7 Å². The standard InChI is InChI=1S/C12H21N3O2/c1-4-12(3,8-16)14-11(17)10-6-9(13)7-15(10)5-2/h6-7,16H,4-5,8,13H2,1-3H3,(H,14,17). The smallest absolute Gasteiger partial charge is 0.268 e. The van der Waals surface area contributed by atoms with Gasteiger partial charge in [0.1, 0.15) is 5.69 Å². The first-order valence-corrected chi connectivity index (χ1v) is 5.84. The lowest BCUT2D eigenvalue weighted by atomic mass is 10.00. The van der Waals surface area contributed by atoms with Gasteiger partial charge in [0.15, 0.2) is 0 Å². The molecular formula is C12H21N3O2. The highest BCUT2D eigenvalue weighted by Crippen LogP contribution is 2.14. The average Bonchev–Trinajstić information content (AvgIpc) is 2.70. The monoisotopic (exact) mass is 239 g/mol. The minimum atomic E-state index is -0.589. The third-order valence-electron chi connectivity index (χ3n) is 3.04. The Morgan fingerprint density at radius 3 is 2.71 bits per heavy atom. The number of carbonyl (C=O) groups excluding carboxylic acids is 1. The van der Waals surface area contributed by atoms with Crippen molar-refractivity contribution >= 4 is 11.6 Å². The molecule has 1 amide bonds. The van der Waals surface area contributed by atoms with Crippen molar-refractivity contribution in [3.8, 4) is 0 Å². The first kappa shape index (κ1) is 13.6. The Morgan fingerprint density at radius 2 is 2.24 bits per heavy atom. The van der Waals surface area contributed by atoms with E-state index in [0.29, 0.717) is 24.3 Å². The molecule has 0 spiro atoms. The fourth-order valence-corrected chi connectivity index (χ4v) is 1.56. The van der Waals surface area contributed by atoms with Crippen LogP contribution in [0.2, 0.25) is 0 Å². The van der Waals surface area contributed by atoms with E-state index in [9.17, 15) is 9.90 Å². The second-order valence-corrected chi connectivity index (χ2v) is 4.47. The van der Waals surface area contributed by atoms with Crippen molar-refractivity contribution in [1.82, 2.24) is 9.88 Å². The Balaban J connectivity index is 2.89. The Bertz CT molecular complexity index is 394. The summed E-state index contributed by atoms with van der Waals surface area (Å²) in [6.07, 6.45) is 2.40. The zero-order valence-electron chi connectivity index (χ0n) is 10.7. The largest absolute Gasteiger partial charge is 0.397 e. The minimum Gasteiger partial charge on any atom is -0.397 e. The van der Waals surface area contributed by atoms with E-state index >= 15 is 0 Å². The van der Waals surface area contributed by atoms with Gasteiger partial charge in [-0.15, -0.1) is 0 Å². The average molecular weight is 239 g/mol. The van der Waals surface area contributed by atoms with Crippen molar-refractivity contribution in [3.63, 3.8) is 0 Å². The number of aromatic nitrogens is 1. The zero-order valence-corrected chi connectivity index (χ0v) is 10.7. The van der Waals surface area contributed by atoms with E-state index in [4.69, 9.17) is 5.73 Å². The lowest BCUT2D eigenvalue weighted by Gasteiger charge is -2.27. The summed E-state index contributed by atoms with van der Waals surface area (Å²) < 4.78 is 1.79. The molecule has 0 radical (unpaired) electrons. The molecular weight excluding hydrogens is 218 g/mol. The van der Waals surface area contributed by atoms with Crippen LogP contribution in [0.5, 0.6) is 0 Å².